The number of carboxylic acids is 1. The van der Waals surface area contributed by atoms with Crippen molar-refractivity contribution in [2.75, 3.05) is 5.32 Å². The lowest BCUT2D eigenvalue weighted by atomic mass is 9.98. The molecule has 0 unspecified atom stereocenters. The van der Waals surface area contributed by atoms with Crippen molar-refractivity contribution in [2.45, 2.75) is 18.8 Å². The van der Waals surface area contributed by atoms with E-state index in [1.807, 2.05) is 36.4 Å². The first-order chi connectivity index (χ1) is 14.2. The molecule has 1 heterocycles. The molecule has 0 saturated heterocycles. The third-order valence-corrected chi connectivity index (χ3v) is 5.42. The number of nitrogens with zero attached hydrogens (tertiary/aromatic N) is 1. The van der Waals surface area contributed by atoms with Crippen LogP contribution in [-0.4, -0.2) is 16.1 Å². The van der Waals surface area contributed by atoms with E-state index in [2.05, 4.69) is 40.6 Å². The van der Waals surface area contributed by atoms with Gasteiger partial charge in [0.2, 0.25) is 0 Å². The molecule has 142 valence electrons. The Hall–Kier alpha value is -3.66. The predicted molar refractivity (Wildman–Crippen MR) is 116 cm³/mol. The monoisotopic (exact) mass is 380 g/mol. The average Bonchev–Trinajstić information content (AvgIpc) is 3.59. The maximum atomic E-state index is 11.7. The molecule has 1 fully saturated rings. The molecule has 1 aliphatic rings. The number of nitrogens with one attached hydrogen (secondary N) is 1. The molecule has 0 amide bonds. The summed E-state index contributed by atoms with van der Waals surface area (Å²) < 4.78 is 0. The van der Waals surface area contributed by atoms with Gasteiger partial charge < -0.3 is 10.4 Å². The predicted octanol–water partition coefficient (Wildman–Crippen LogP) is 6.22. The summed E-state index contributed by atoms with van der Waals surface area (Å²) in [6, 6.07) is 24.3. The number of fused-ring (bicyclic) bond motifs is 1. The van der Waals surface area contributed by atoms with Crippen LogP contribution in [0.4, 0.5) is 11.5 Å². The quantitative estimate of drug-likeness (QED) is 0.431. The van der Waals surface area contributed by atoms with Gasteiger partial charge in [-0.3, -0.25) is 0 Å². The SMILES string of the molecule is O=C(O)c1cc(C2CC2)cnc1Nc1ccc2c(-c3ccccc3)cccc2c1. The van der Waals surface area contributed by atoms with E-state index in [1.165, 1.54) is 11.1 Å². The van der Waals surface area contributed by atoms with Crippen LogP contribution in [0.5, 0.6) is 0 Å². The van der Waals surface area contributed by atoms with Crippen molar-refractivity contribution in [1.82, 2.24) is 4.98 Å². The van der Waals surface area contributed by atoms with Gasteiger partial charge >= 0.3 is 5.97 Å². The summed E-state index contributed by atoms with van der Waals surface area (Å²) in [6.07, 6.45) is 4.02. The smallest absolute Gasteiger partial charge is 0.339 e. The molecule has 0 spiro atoms. The fourth-order valence-electron chi connectivity index (χ4n) is 3.75. The van der Waals surface area contributed by atoms with Crippen LogP contribution >= 0.6 is 0 Å². The molecule has 0 atom stereocenters. The molecular weight excluding hydrogens is 360 g/mol. The lowest BCUT2D eigenvalue weighted by molar-refractivity contribution is 0.0697. The second kappa shape index (κ2) is 7.06. The topological polar surface area (TPSA) is 62.2 Å². The minimum atomic E-state index is -0.963. The normalized spacial score (nSPS) is 13.4. The van der Waals surface area contributed by atoms with Crippen LogP contribution in [0.1, 0.15) is 34.7 Å². The lowest BCUT2D eigenvalue weighted by Crippen LogP contribution is -2.06. The third kappa shape index (κ3) is 3.45. The summed E-state index contributed by atoms with van der Waals surface area (Å²) >= 11 is 0. The molecule has 5 rings (SSSR count). The second-order valence-electron chi connectivity index (χ2n) is 7.48. The highest BCUT2D eigenvalue weighted by Gasteiger charge is 2.26. The number of aromatic carboxylic acids is 1. The fourth-order valence-corrected chi connectivity index (χ4v) is 3.75. The van der Waals surface area contributed by atoms with Crippen LogP contribution in [0.2, 0.25) is 0 Å². The van der Waals surface area contributed by atoms with E-state index in [0.717, 1.165) is 34.9 Å². The van der Waals surface area contributed by atoms with E-state index in [1.54, 1.807) is 12.3 Å². The summed E-state index contributed by atoms with van der Waals surface area (Å²) in [5.74, 6) is -0.123. The number of hydrogen-bond donors (Lipinski definition) is 2. The molecule has 0 aliphatic heterocycles. The van der Waals surface area contributed by atoms with Crippen molar-refractivity contribution in [3.8, 4) is 11.1 Å². The maximum absolute atomic E-state index is 11.7. The summed E-state index contributed by atoms with van der Waals surface area (Å²) in [7, 11) is 0. The number of carbonyl (C=O) groups is 1. The zero-order valence-electron chi connectivity index (χ0n) is 15.8. The van der Waals surface area contributed by atoms with Crippen LogP contribution in [0, 0.1) is 0 Å². The van der Waals surface area contributed by atoms with Gasteiger partial charge in [0.15, 0.2) is 0 Å². The van der Waals surface area contributed by atoms with Gasteiger partial charge in [-0.05, 0) is 64.4 Å². The van der Waals surface area contributed by atoms with E-state index >= 15 is 0 Å². The molecule has 4 aromatic rings. The molecule has 4 heteroatoms. The number of anilines is 2. The number of benzene rings is 3. The number of carboxylic acid groups (broad SMARTS) is 1. The van der Waals surface area contributed by atoms with Gasteiger partial charge in [0.05, 0.1) is 0 Å². The van der Waals surface area contributed by atoms with Gasteiger partial charge in [0.1, 0.15) is 11.4 Å². The largest absolute Gasteiger partial charge is 0.478 e. The van der Waals surface area contributed by atoms with Crippen molar-refractivity contribution >= 4 is 28.2 Å². The Kier molecular flexibility index (Phi) is 4.24. The van der Waals surface area contributed by atoms with Crippen molar-refractivity contribution in [1.29, 1.82) is 0 Å². The molecule has 29 heavy (non-hydrogen) atoms. The van der Waals surface area contributed by atoms with Gasteiger partial charge in [0.25, 0.3) is 0 Å². The Balaban J connectivity index is 1.51. The van der Waals surface area contributed by atoms with Crippen LogP contribution in [-0.2, 0) is 0 Å². The van der Waals surface area contributed by atoms with E-state index < -0.39 is 5.97 Å². The van der Waals surface area contributed by atoms with Gasteiger partial charge in [0, 0.05) is 11.9 Å². The minimum absolute atomic E-state index is 0.215. The molecule has 2 N–H and O–H groups in total. The summed E-state index contributed by atoms with van der Waals surface area (Å²) in [5, 5.41) is 15.1. The van der Waals surface area contributed by atoms with Gasteiger partial charge in [-0.25, -0.2) is 9.78 Å². The Morgan fingerprint density at radius 1 is 0.966 bits per heavy atom. The highest BCUT2D eigenvalue weighted by atomic mass is 16.4. The highest BCUT2D eigenvalue weighted by Crippen LogP contribution is 2.40. The third-order valence-electron chi connectivity index (χ3n) is 5.42. The van der Waals surface area contributed by atoms with Crippen LogP contribution < -0.4 is 5.32 Å². The van der Waals surface area contributed by atoms with E-state index in [-0.39, 0.29) is 5.56 Å². The Morgan fingerprint density at radius 2 is 1.79 bits per heavy atom. The molecule has 4 nitrogen and oxygen atoms in total. The van der Waals surface area contributed by atoms with Crippen LogP contribution in [0.3, 0.4) is 0 Å². The Morgan fingerprint density at radius 3 is 2.55 bits per heavy atom. The molecule has 0 bridgehead atoms. The molecule has 1 aromatic heterocycles. The van der Waals surface area contributed by atoms with E-state index in [4.69, 9.17) is 0 Å². The molecule has 3 aromatic carbocycles. The van der Waals surface area contributed by atoms with Gasteiger partial charge in [-0.2, -0.15) is 0 Å². The van der Waals surface area contributed by atoms with Crippen molar-refractivity contribution < 1.29 is 9.90 Å². The second-order valence-corrected chi connectivity index (χ2v) is 7.48. The summed E-state index contributed by atoms with van der Waals surface area (Å²) in [5.41, 5.74) is 4.39. The Bertz CT molecular complexity index is 1210. The first kappa shape index (κ1) is 17.4. The van der Waals surface area contributed by atoms with E-state index in [0.29, 0.717) is 11.7 Å². The number of aromatic nitrogens is 1. The van der Waals surface area contributed by atoms with Crippen molar-refractivity contribution in [2.24, 2.45) is 0 Å². The number of pyridine rings is 1. The minimum Gasteiger partial charge on any atom is -0.478 e. The molecule has 0 radical (unpaired) electrons. The fraction of sp³-hybridized carbons (Fsp3) is 0.120. The van der Waals surface area contributed by atoms with Crippen LogP contribution in [0.15, 0.2) is 79.0 Å². The van der Waals surface area contributed by atoms with E-state index in [9.17, 15) is 9.90 Å². The first-order valence-electron chi connectivity index (χ1n) is 9.77. The zero-order chi connectivity index (χ0) is 19.8. The number of hydrogen-bond acceptors (Lipinski definition) is 3. The maximum Gasteiger partial charge on any atom is 0.339 e. The van der Waals surface area contributed by atoms with Gasteiger partial charge in [-0.1, -0.05) is 54.6 Å². The molecule has 1 saturated carbocycles. The average molecular weight is 380 g/mol. The van der Waals surface area contributed by atoms with Crippen LogP contribution in [0.25, 0.3) is 21.9 Å². The highest BCUT2D eigenvalue weighted by molar-refractivity contribution is 5.99. The first-order valence-corrected chi connectivity index (χ1v) is 9.77. The molecule has 1 aliphatic carbocycles. The van der Waals surface area contributed by atoms with Gasteiger partial charge in [-0.15, -0.1) is 0 Å². The standard InChI is InChI=1S/C25H20N2O2/c28-25(29)23-14-19(16-9-10-16)15-26-24(23)27-20-11-12-22-18(13-20)7-4-8-21(22)17-5-2-1-3-6-17/h1-8,11-16H,9-10H2,(H,26,27)(H,28,29). The molecular formula is C25H20N2O2. The van der Waals surface area contributed by atoms with Crippen molar-refractivity contribution in [3.63, 3.8) is 0 Å². The number of rotatable bonds is 5. The Labute approximate surface area is 168 Å². The summed E-state index contributed by atoms with van der Waals surface area (Å²) in [4.78, 5) is 16.2. The van der Waals surface area contributed by atoms with Crippen molar-refractivity contribution in [3.05, 3.63) is 90.1 Å². The lowest BCUT2D eigenvalue weighted by Gasteiger charge is -2.12. The zero-order valence-corrected chi connectivity index (χ0v) is 15.8. The summed E-state index contributed by atoms with van der Waals surface area (Å²) in [6.45, 7) is 0.